The smallest absolute Gasteiger partial charge is 0.407 e. The highest BCUT2D eigenvalue weighted by Gasteiger charge is 2.27. The van der Waals surface area contributed by atoms with Crippen molar-refractivity contribution in [1.29, 1.82) is 0 Å². The molecule has 6 heteroatoms. The predicted octanol–water partition coefficient (Wildman–Crippen LogP) is 1.94. The number of fused-ring (bicyclic) bond motifs is 1. The molecule has 6 nitrogen and oxygen atoms in total. The lowest BCUT2D eigenvalue weighted by Gasteiger charge is -2.32. The third-order valence-corrected chi connectivity index (χ3v) is 3.88. The zero-order valence-electron chi connectivity index (χ0n) is 11.6. The first-order valence-corrected chi connectivity index (χ1v) is 7.06. The Kier molecular flexibility index (Phi) is 3.38. The highest BCUT2D eigenvalue weighted by molar-refractivity contribution is 5.65. The number of hydrogen-bond donors (Lipinski definition) is 1. The molecule has 0 aliphatic carbocycles. The van der Waals surface area contributed by atoms with E-state index in [1.165, 1.54) is 11.3 Å². The van der Waals surface area contributed by atoms with Crippen LogP contribution in [-0.2, 0) is 6.54 Å². The molecular formula is C14H19N3O3. The first-order valence-electron chi connectivity index (χ1n) is 7.06. The number of ether oxygens (including phenoxy) is 1. The monoisotopic (exact) mass is 277 g/mol. The fourth-order valence-corrected chi connectivity index (χ4v) is 2.49. The van der Waals surface area contributed by atoms with E-state index in [9.17, 15) is 9.90 Å². The van der Waals surface area contributed by atoms with Gasteiger partial charge in [-0.15, -0.1) is 0 Å². The molecule has 1 saturated heterocycles. The Bertz CT molecular complexity index is 516. The highest BCUT2D eigenvalue weighted by atomic mass is 16.5. The number of rotatable bonds is 2. The van der Waals surface area contributed by atoms with Crippen LogP contribution in [0.5, 0.6) is 5.75 Å². The molecule has 3 rings (SSSR count). The Labute approximate surface area is 118 Å². The van der Waals surface area contributed by atoms with Crippen molar-refractivity contribution >= 4 is 11.9 Å². The number of carbonyl (C=O) groups is 1. The maximum Gasteiger partial charge on any atom is 0.407 e. The SMILES string of the molecule is CC[C@@H]1CN(C(=O)O)Cc2nc(N3CCC3)ccc2O1. The molecule has 1 N–H and O–H groups in total. The van der Waals surface area contributed by atoms with E-state index >= 15 is 0 Å². The van der Waals surface area contributed by atoms with Gasteiger partial charge in [-0.2, -0.15) is 0 Å². The van der Waals surface area contributed by atoms with Gasteiger partial charge in [-0.3, -0.25) is 4.90 Å². The zero-order valence-corrected chi connectivity index (χ0v) is 11.6. The average molecular weight is 277 g/mol. The second kappa shape index (κ2) is 5.19. The topological polar surface area (TPSA) is 65.9 Å². The summed E-state index contributed by atoms with van der Waals surface area (Å²) in [6, 6.07) is 3.88. The molecule has 0 aromatic carbocycles. The lowest BCUT2D eigenvalue weighted by molar-refractivity contribution is 0.114. The van der Waals surface area contributed by atoms with Gasteiger partial charge in [0.15, 0.2) is 0 Å². The van der Waals surface area contributed by atoms with Gasteiger partial charge in [0.25, 0.3) is 0 Å². The molecule has 2 aliphatic rings. The number of aromatic nitrogens is 1. The van der Waals surface area contributed by atoms with Gasteiger partial charge in [0, 0.05) is 13.1 Å². The fourth-order valence-electron chi connectivity index (χ4n) is 2.49. The number of hydrogen-bond acceptors (Lipinski definition) is 4. The first-order chi connectivity index (χ1) is 9.67. The van der Waals surface area contributed by atoms with E-state index in [1.807, 2.05) is 19.1 Å². The van der Waals surface area contributed by atoms with Gasteiger partial charge in [0.2, 0.25) is 0 Å². The van der Waals surface area contributed by atoms with Crippen LogP contribution >= 0.6 is 0 Å². The molecule has 2 aliphatic heterocycles. The molecular weight excluding hydrogens is 258 g/mol. The van der Waals surface area contributed by atoms with Crippen molar-refractivity contribution in [1.82, 2.24) is 9.88 Å². The molecule has 0 unspecified atom stereocenters. The van der Waals surface area contributed by atoms with E-state index in [4.69, 9.17) is 4.74 Å². The minimum absolute atomic E-state index is 0.107. The van der Waals surface area contributed by atoms with Gasteiger partial charge in [-0.25, -0.2) is 9.78 Å². The molecule has 0 radical (unpaired) electrons. The molecule has 1 aromatic heterocycles. The van der Waals surface area contributed by atoms with E-state index in [-0.39, 0.29) is 6.10 Å². The van der Waals surface area contributed by atoms with Crippen molar-refractivity contribution in [3.8, 4) is 5.75 Å². The number of amides is 1. The lowest BCUT2D eigenvalue weighted by Crippen LogP contribution is -2.38. The summed E-state index contributed by atoms with van der Waals surface area (Å²) in [5, 5.41) is 9.27. The normalized spacial score (nSPS) is 21.6. The van der Waals surface area contributed by atoms with Gasteiger partial charge < -0.3 is 14.7 Å². The van der Waals surface area contributed by atoms with Crippen LogP contribution in [0.3, 0.4) is 0 Å². The summed E-state index contributed by atoms with van der Waals surface area (Å²) in [5.74, 6) is 1.63. The first kappa shape index (κ1) is 13.0. The van der Waals surface area contributed by atoms with Crippen LogP contribution in [0.2, 0.25) is 0 Å². The summed E-state index contributed by atoms with van der Waals surface area (Å²) in [7, 11) is 0. The zero-order chi connectivity index (χ0) is 14.1. The van der Waals surface area contributed by atoms with Gasteiger partial charge in [0.05, 0.1) is 13.1 Å². The van der Waals surface area contributed by atoms with Gasteiger partial charge in [-0.05, 0) is 25.0 Å². The standard InChI is InChI=1S/C14H19N3O3/c1-2-10-8-17(14(18)19)9-11-12(20-10)4-5-13(15-11)16-6-3-7-16/h4-5,10H,2-3,6-9H2,1H3,(H,18,19)/t10-/m1/s1. The summed E-state index contributed by atoms with van der Waals surface area (Å²) in [6.07, 6.45) is 0.936. The average Bonchev–Trinajstić information content (AvgIpc) is 2.55. The number of pyridine rings is 1. The van der Waals surface area contributed by atoms with Crippen molar-refractivity contribution in [2.24, 2.45) is 0 Å². The number of carboxylic acid groups (broad SMARTS) is 1. The van der Waals surface area contributed by atoms with E-state index in [1.54, 1.807) is 0 Å². The maximum atomic E-state index is 11.3. The second-order valence-electron chi connectivity index (χ2n) is 5.27. The Morgan fingerprint density at radius 1 is 1.50 bits per heavy atom. The van der Waals surface area contributed by atoms with Gasteiger partial charge >= 0.3 is 6.09 Å². The molecule has 0 saturated carbocycles. The van der Waals surface area contributed by atoms with Crippen LogP contribution in [0.4, 0.5) is 10.6 Å². The highest BCUT2D eigenvalue weighted by Crippen LogP contribution is 2.28. The molecule has 1 amide bonds. The molecule has 0 bridgehead atoms. The number of anilines is 1. The van der Waals surface area contributed by atoms with Gasteiger partial charge in [-0.1, -0.05) is 6.92 Å². The summed E-state index contributed by atoms with van der Waals surface area (Å²) in [5.41, 5.74) is 0.716. The number of nitrogens with zero attached hydrogens (tertiary/aromatic N) is 3. The Balaban J connectivity index is 1.90. The van der Waals surface area contributed by atoms with Crippen molar-refractivity contribution in [2.75, 3.05) is 24.5 Å². The van der Waals surface area contributed by atoms with E-state index in [0.717, 1.165) is 25.3 Å². The van der Waals surface area contributed by atoms with E-state index < -0.39 is 6.09 Å². The quantitative estimate of drug-likeness (QED) is 0.895. The minimum atomic E-state index is -0.920. The molecule has 20 heavy (non-hydrogen) atoms. The second-order valence-corrected chi connectivity index (χ2v) is 5.27. The third kappa shape index (κ3) is 2.37. The van der Waals surface area contributed by atoms with Crippen LogP contribution in [0.1, 0.15) is 25.5 Å². The molecule has 0 spiro atoms. The van der Waals surface area contributed by atoms with Crippen LogP contribution < -0.4 is 9.64 Å². The van der Waals surface area contributed by atoms with Crippen LogP contribution in [0.15, 0.2) is 12.1 Å². The van der Waals surface area contributed by atoms with Crippen LogP contribution in [0, 0.1) is 0 Å². The molecule has 3 heterocycles. The Morgan fingerprint density at radius 3 is 2.90 bits per heavy atom. The maximum absolute atomic E-state index is 11.3. The van der Waals surface area contributed by atoms with E-state index in [2.05, 4.69) is 9.88 Å². The van der Waals surface area contributed by atoms with Crippen LogP contribution in [0.25, 0.3) is 0 Å². The van der Waals surface area contributed by atoms with E-state index in [0.29, 0.717) is 24.5 Å². The van der Waals surface area contributed by atoms with Crippen molar-refractivity contribution in [3.63, 3.8) is 0 Å². The molecule has 108 valence electrons. The summed E-state index contributed by atoms with van der Waals surface area (Å²) in [6.45, 7) is 4.72. The van der Waals surface area contributed by atoms with Gasteiger partial charge in [0.1, 0.15) is 23.4 Å². The molecule has 1 atom stereocenters. The minimum Gasteiger partial charge on any atom is -0.487 e. The predicted molar refractivity (Wildman–Crippen MR) is 74.2 cm³/mol. The van der Waals surface area contributed by atoms with Crippen LogP contribution in [-0.4, -0.2) is 46.8 Å². The fraction of sp³-hybridized carbons (Fsp3) is 0.571. The molecule has 1 fully saturated rings. The van der Waals surface area contributed by atoms with Crippen molar-refractivity contribution in [3.05, 3.63) is 17.8 Å². The van der Waals surface area contributed by atoms with Crippen molar-refractivity contribution < 1.29 is 14.6 Å². The largest absolute Gasteiger partial charge is 0.487 e. The third-order valence-electron chi connectivity index (χ3n) is 3.88. The van der Waals surface area contributed by atoms with Crippen molar-refractivity contribution in [2.45, 2.75) is 32.4 Å². The summed E-state index contributed by atoms with van der Waals surface area (Å²) >= 11 is 0. The lowest BCUT2D eigenvalue weighted by atomic mass is 10.2. The molecule has 1 aromatic rings. The Hall–Kier alpha value is -1.98. The summed E-state index contributed by atoms with van der Waals surface area (Å²) < 4.78 is 5.89. The Morgan fingerprint density at radius 2 is 2.30 bits per heavy atom. The summed E-state index contributed by atoms with van der Waals surface area (Å²) in [4.78, 5) is 19.5.